The minimum Gasteiger partial charge on any atom is -0.496 e. The fourth-order valence-electron chi connectivity index (χ4n) is 2.59. The summed E-state index contributed by atoms with van der Waals surface area (Å²) in [7, 11) is 3.79. The van der Waals surface area contributed by atoms with Gasteiger partial charge in [0.05, 0.1) is 12.7 Å². The smallest absolute Gasteiger partial charge is 0.163 e. The van der Waals surface area contributed by atoms with Crippen molar-refractivity contribution in [1.82, 2.24) is 4.90 Å². The molecule has 0 saturated carbocycles. The van der Waals surface area contributed by atoms with Crippen molar-refractivity contribution in [3.63, 3.8) is 0 Å². The summed E-state index contributed by atoms with van der Waals surface area (Å²) in [5.74, 6) is 1.36. The van der Waals surface area contributed by atoms with Crippen LogP contribution in [0.1, 0.15) is 41.6 Å². The van der Waals surface area contributed by atoms with Gasteiger partial charge in [0, 0.05) is 0 Å². The topological polar surface area (TPSA) is 29.5 Å². The number of rotatable bonds is 3. The number of ketones is 1. The summed E-state index contributed by atoms with van der Waals surface area (Å²) in [5.41, 5.74) is 1.97. The normalized spacial score (nSPS) is 17.7. The Labute approximate surface area is 109 Å². The lowest BCUT2D eigenvalue weighted by Crippen LogP contribution is -2.29. The number of hydrogen-bond acceptors (Lipinski definition) is 3. The van der Waals surface area contributed by atoms with Crippen LogP contribution in [0, 0.1) is 0 Å². The van der Waals surface area contributed by atoms with Gasteiger partial charge in [0.15, 0.2) is 5.78 Å². The Morgan fingerprint density at radius 2 is 2.00 bits per heavy atom. The van der Waals surface area contributed by atoms with E-state index in [1.165, 1.54) is 18.4 Å². The van der Waals surface area contributed by atoms with Crippen LogP contribution < -0.4 is 4.74 Å². The molecule has 98 valence electrons. The van der Waals surface area contributed by atoms with E-state index >= 15 is 0 Å². The van der Waals surface area contributed by atoms with Gasteiger partial charge in [-0.1, -0.05) is 6.07 Å². The van der Waals surface area contributed by atoms with Crippen LogP contribution in [0.5, 0.6) is 5.75 Å². The van der Waals surface area contributed by atoms with Crippen molar-refractivity contribution in [3.8, 4) is 5.75 Å². The Hall–Kier alpha value is -1.35. The maximum absolute atomic E-state index is 11.5. The fraction of sp³-hybridized carbons (Fsp3) is 0.533. The lowest BCUT2D eigenvalue weighted by molar-refractivity contribution is 0.101. The molecule has 18 heavy (non-hydrogen) atoms. The van der Waals surface area contributed by atoms with Gasteiger partial charge in [0.2, 0.25) is 0 Å². The average molecular weight is 247 g/mol. The van der Waals surface area contributed by atoms with Crippen LogP contribution in [0.4, 0.5) is 0 Å². The molecule has 0 atom stereocenters. The molecule has 0 bridgehead atoms. The number of methoxy groups -OCH3 is 1. The number of carbonyl (C=O) groups is 1. The van der Waals surface area contributed by atoms with Gasteiger partial charge in [-0.2, -0.15) is 0 Å². The van der Waals surface area contributed by atoms with Gasteiger partial charge >= 0.3 is 0 Å². The number of benzene rings is 1. The van der Waals surface area contributed by atoms with E-state index in [0.717, 1.165) is 13.1 Å². The summed E-state index contributed by atoms with van der Waals surface area (Å²) in [4.78, 5) is 13.8. The molecular weight excluding hydrogens is 226 g/mol. The Balaban J connectivity index is 2.22. The van der Waals surface area contributed by atoms with E-state index in [-0.39, 0.29) is 5.78 Å². The van der Waals surface area contributed by atoms with Crippen molar-refractivity contribution in [1.29, 1.82) is 0 Å². The van der Waals surface area contributed by atoms with Gasteiger partial charge in [-0.05, 0) is 63.5 Å². The molecule has 1 heterocycles. The average Bonchev–Trinajstić information content (AvgIpc) is 2.38. The molecule has 1 aliphatic rings. The standard InChI is InChI=1S/C15H21NO2/c1-11(17)14-5-4-13(10-15(14)18-3)12-6-8-16(2)9-7-12/h4-5,10,12H,6-9H2,1-3H3. The Morgan fingerprint density at radius 3 is 2.56 bits per heavy atom. The molecule has 0 radical (unpaired) electrons. The molecule has 0 aromatic heterocycles. The monoisotopic (exact) mass is 247 g/mol. The van der Waals surface area contributed by atoms with Crippen molar-refractivity contribution in [3.05, 3.63) is 29.3 Å². The van der Waals surface area contributed by atoms with E-state index in [9.17, 15) is 4.79 Å². The van der Waals surface area contributed by atoms with E-state index in [1.807, 2.05) is 12.1 Å². The molecule has 0 unspecified atom stereocenters. The molecule has 1 aromatic rings. The zero-order valence-corrected chi connectivity index (χ0v) is 11.4. The number of likely N-dealkylation sites (tertiary alicyclic amines) is 1. The van der Waals surface area contributed by atoms with Crippen molar-refractivity contribution >= 4 is 5.78 Å². The van der Waals surface area contributed by atoms with E-state index in [2.05, 4.69) is 18.0 Å². The molecule has 1 saturated heterocycles. The van der Waals surface area contributed by atoms with E-state index in [0.29, 0.717) is 17.2 Å². The number of nitrogens with zero attached hydrogens (tertiary/aromatic N) is 1. The summed E-state index contributed by atoms with van der Waals surface area (Å²) in [6.45, 7) is 3.86. The number of ether oxygens (including phenoxy) is 1. The number of Topliss-reactive ketones (excluding diaryl/α,β-unsaturated/α-hetero) is 1. The summed E-state index contributed by atoms with van der Waals surface area (Å²) < 4.78 is 5.33. The third-order valence-electron chi connectivity index (χ3n) is 3.79. The lowest BCUT2D eigenvalue weighted by Gasteiger charge is -2.29. The molecule has 2 rings (SSSR count). The van der Waals surface area contributed by atoms with Crippen molar-refractivity contribution < 1.29 is 9.53 Å². The van der Waals surface area contributed by atoms with E-state index in [4.69, 9.17) is 4.74 Å². The molecule has 0 N–H and O–H groups in total. The van der Waals surface area contributed by atoms with Crippen LogP contribution in [-0.2, 0) is 0 Å². The highest BCUT2D eigenvalue weighted by molar-refractivity contribution is 5.96. The van der Waals surface area contributed by atoms with Gasteiger partial charge in [-0.15, -0.1) is 0 Å². The maximum Gasteiger partial charge on any atom is 0.163 e. The van der Waals surface area contributed by atoms with Crippen molar-refractivity contribution in [2.24, 2.45) is 0 Å². The third kappa shape index (κ3) is 2.72. The molecule has 3 nitrogen and oxygen atoms in total. The first-order chi connectivity index (χ1) is 8.61. The largest absolute Gasteiger partial charge is 0.496 e. The molecule has 0 aliphatic carbocycles. The lowest BCUT2D eigenvalue weighted by atomic mass is 9.88. The summed E-state index contributed by atoms with van der Waals surface area (Å²) in [6.07, 6.45) is 2.36. The van der Waals surface area contributed by atoms with Gasteiger partial charge in [-0.3, -0.25) is 4.79 Å². The minimum absolute atomic E-state index is 0.0572. The molecule has 3 heteroatoms. The summed E-state index contributed by atoms with van der Waals surface area (Å²) >= 11 is 0. The highest BCUT2D eigenvalue weighted by atomic mass is 16.5. The Kier molecular flexibility index (Phi) is 4.02. The fourth-order valence-corrected chi connectivity index (χ4v) is 2.59. The molecule has 0 amide bonds. The first-order valence-electron chi connectivity index (χ1n) is 6.49. The summed E-state index contributed by atoms with van der Waals surface area (Å²) in [6, 6.07) is 6.01. The molecule has 0 spiro atoms. The van der Waals surface area contributed by atoms with Gasteiger partial charge < -0.3 is 9.64 Å². The van der Waals surface area contributed by atoms with E-state index in [1.54, 1.807) is 14.0 Å². The number of piperidine rings is 1. The van der Waals surface area contributed by atoms with Crippen LogP contribution in [0.25, 0.3) is 0 Å². The number of hydrogen-bond donors (Lipinski definition) is 0. The highest BCUT2D eigenvalue weighted by Crippen LogP contribution is 2.31. The second-order valence-electron chi connectivity index (χ2n) is 5.09. The Morgan fingerprint density at radius 1 is 1.33 bits per heavy atom. The second-order valence-corrected chi connectivity index (χ2v) is 5.09. The van der Waals surface area contributed by atoms with Crippen LogP contribution >= 0.6 is 0 Å². The summed E-state index contributed by atoms with van der Waals surface area (Å²) in [5, 5.41) is 0. The first-order valence-corrected chi connectivity index (χ1v) is 6.49. The molecule has 1 aromatic carbocycles. The maximum atomic E-state index is 11.5. The van der Waals surface area contributed by atoms with Crippen LogP contribution in [0.3, 0.4) is 0 Å². The molecule has 1 aliphatic heterocycles. The quantitative estimate of drug-likeness (QED) is 0.769. The second kappa shape index (κ2) is 5.53. The highest BCUT2D eigenvalue weighted by Gasteiger charge is 2.20. The van der Waals surface area contributed by atoms with Gasteiger partial charge in [-0.25, -0.2) is 0 Å². The van der Waals surface area contributed by atoms with Crippen molar-refractivity contribution in [2.75, 3.05) is 27.2 Å². The first kappa shape index (κ1) is 13.1. The van der Waals surface area contributed by atoms with Crippen LogP contribution in [0.2, 0.25) is 0 Å². The third-order valence-corrected chi connectivity index (χ3v) is 3.79. The zero-order valence-electron chi connectivity index (χ0n) is 11.4. The molecular formula is C15H21NO2. The minimum atomic E-state index is 0.0572. The number of carbonyl (C=O) groups excluding carboxylic acids is 1. The molecule has 1 fully saturated rings. The zero-order chi connectivity index (χ0) is 13.1. The predicted molar refractivity (Wildman–Crippen MR) is 72.5 cm³/mol. The van der Waals surface area contributed by atoms with Crippen LogP contribution in [0.15, 0.2) is 18.2 Å². The van der Waals surface area contributed by atoms with Gasteiger partial charge in [0.1, 0.15) is 5.75 Å². The SMILES string of the molecule is COc1cc(C2CCN(C)CC2)ccc1C(C)=O. The van der Waals surface area contributed by atoms with Crippen molar-refractivity contribution in [2.45, 2.75) is 25.7 Å². The predicted octanol–water partition coefficient (Wildman–Crippen LogP) is 2.71. The van der Waals surface area contributed by atoms with Gasteiger partial charge in [0.25, 0.3) is 0 Å². The Bertz CT molecular complexity index is 434. The van der Waals surface area contributed by atoms with E-state index < -0.39 is 0 Å². The van der Waals surface area contributed by atoms with Crippen LogP contribution in [-0.4, -0.2) is 37.9 Å².